The van der Waals surface area contributed by atoms with Gasteiger partial charge in [0.05, 0.1) is 5.69 Å². The van der Waals surface area contributed by atoms with Crippen LogP contribution in [-0.4, -0.2) is 0 Å². The molecule has 0 fully saturated rings. The normalized spacial score (nSPS) is 11.3. The van der Waals surface area contributed by atoms with Crippen LogP contribution in [0.1, 0.15) is 0 Å². The van der Waals surface area contributed by atoms with Gasteiger partial charge in [-0.3, -0.25) is 0 Å². The van der Waals surface area contributed by atoms with E-state index in [9.17, 15) is 0 Å². The lowest BCUT2D eigenvalue weighted by atomic mass is 10.0. The van der Waals surface area contributed by atoms with Gasteiger partial charge in [0.1, 0.15) is 5.58 Å². The first-order valence-corrected chi connectivity index (χ1v) is 20.7. The monoisotopic (exact) mass is 780 g/mol. The molecule has 0 aliphatic rings. The van der Waals surface area contributed by atoms with E-state index in [0.717, 1.165) is 78.1 Å². The molecule has 11 aromatic rings. The fraction of sp³-hybridized carbons (Fsp3) is 0. The number of rotatable bonds is 9. The van der Waals surface area contributed by atoms with Gasteiger partial charge in [0.15, 0.2) is 5.58 Å². The van der Waals surface area contributed by atoms with Crippen molar-refractivity contribution >= 4 is 66.8 Å². The Hall–Kier alpha value is -8.14. The predicted octanol–water partition coefficient (Wildman–Crippen LogP) is 16.7. The number of fused-ring (bicyclic) bond motifs is 4. The molecule has 0 radical (unpaired) electrons. The number of nitrogens with zero attached hydrogens (tertiary/aromatic N) is 2. The van der Waals surface area contributed by atoms with E-state index in [1.165, 1.54) is 22.1 Å². The summed E-state index contributed by atoms with van der Waals surface area (Å²) in [6.07, 6.45) is 0. The largest absolute Gasteiger partial charge is 0.454 e. The average molecular weight is 781 g/mol. The summed E-state index contributed by atoms with van der Waals surface area (Å²) < 4.78 is 7.07. The van der Waals surface area contributed by atoms with E-state index < -0.39 is 0 Å². The van der Waals surface area contributed by atoms with Crippen LogP contribution >= 0.6 is 0 Å². The second-order valence-corrected chi connectivity index (χ2v) is 15.4. The van der Waals surface area contributed by atoms with Crippen LogP contribution in [0.4, 0.5) is 34.1 Å². The highest BCUT2D eigenvalue weighted by molar-refractivity contribution is 6.15. The highest BCUT2D eigenvalue weighted by Gasteiger charge is 2.24. The smallest absolute Gasteiger partial charge is 0.159 e. The molecule has 0 saturated heterocycles. The van der Waals surface area contributed by atoms with Gasteiger partial charge < -0.3 is 14.2 Å². The molecule has 10 aromatic carbocycles. The first-order chi connectivity index (χ1) is 30.2. The molecule has 1 aromatic heterocycles. The minimum atomic E-state index is 0.818. The highest BCUT2D eigenvalue weighted by atomic mass is 16.3. The molecule has 61 heavy (non-hydrogen) atoms. The Balaban J connectivity index is 1.18. The van der Waals surface area contributed by atoms with Gasteiger partial charge >= 0.3 is 0 Å². The number of hydrogen-bond donors (Lipinski definition) is 0. The Morgan fingerprint density at radius 1 is 0.262 bits per heavy atom. The van der Waals surface area contributed by atoms with Gasteiger partial charge in [-0.1, -0.05) is 170 Å². The summed E-state index contributed by atoms with van der Waals surface area (Å²) in [7, 11) is 0. The Labute approximate surface area is 355 Å². The van der Waals surface area contributed by atoms with Crippen LogP contribution in [0.3, 0.4) is 0 Å². The van der Waals surface area contributed by atoms with Crippen molar-refractivity contribution in [1.82, 2.24) is 0 Å². The summed E-state index contributed by atoms with van der Waals surface area (Å²) in [6, 6.07) is 86.5. The Morgan fingerprint density at radius 2 is 0.705 bits per heavy atom. The third-order valence-corrected chi connectivity index (χ3v) is 11.6. The summed E-state index contributed by atoms with van der Waals surface area (Å²) >= 11 is 0. The maximum atomic E-state index is 7.07. The zero-order valence-electron chi connectivity index (χ0n) is 33.4. The van der Waals surface area contributed by atoms with Crippen molar-refractivity contribution in [1.29, 1.82) is 0 Å². The topological polar surface area (TPSA) is 19.6 Å². The van der Waals surface area contributed by atoms with E-state index in [1.807, 2.05) is 0 Å². The minimum Gasteiger partial charge on any atom is -0.454 e. The molecule has 0 aliphatic heterocycles. The van der Waals surface area contributed by atoms with Gasteiger partial charge in [-0.2, -0.15) is 0 Å². The molecule has 0 atom stereocenters. The molecule has 0 aliphatic carbocycles. The van der Waals surface area contributed by atoms with Crippen LogP contribution in [0.25, 0.3) is 66.1 Å². The molecule has 0 N–H and O–H groups in total. The maximum absolute atomic E-state index is 7.07. The molecule has 0 unspecified atom stereocenters. The SMILES string of the molecule is c1ccc(-c2ccc(N(c3ccccc3)c3cc(N(c4ccc(-c5ccccc5)cc4)c4cccc(-c5ccccc5)c4)c4oc5cc6ccccc6cc5c4c3)cc2)cc1. The molecule has 0 saturated carbocycles. The fourth-order valence-electron chi connectivity index (χ4n) is 8.60. The third kappa shape index (κ3) is 6.88. The number of furan rings is 1. The first-order valence-electron chi connectivity index (χ1n) is 20.7. The van der Waals surface area contributed by atoms with Crippen LogP contribution in [0, 0.1) is 0 Å². The molecule has 288 valence electrons. The Kier molecular flexibility index (Phi) is 9.18. The molecule has 0 spiro atoms. The lowest BCUT2D eigenvalue weighted by Gasteiger charge is -2.30. The lowest BCUT2D eigenvalue weighted by molar-refractivity contribution is 0.669. The van der Waals surface area contributed by atoms with Gasteiger partial charge in [0, 0.05) is 39.2 Å². The van der Waals surface area contributed by atoms with Crippen LogP contribution in [0.5, 0.6) is 0 Å². The molecule has 3 nitrogen and oxygen atoms in total. The Bertz CT molecular complexity index is 3270. The van der Waals surface area contributed by atoms with E-state index >= 15 is 0 Å². The van der Waals surface area contributed by atoms with Crippen molar-refractivity contribution in [2.45, 2.75) is 0 Å². The Morgan fingerprint density at radius 3 is 1.30 bits per heavy atom. The molecule has 1 heterocycles. The van der Waals surface area contributed by atoms with Crippen LogP contribution in [0.2, 0.25) is 0 Å². The molecule has 0 amide bonds. The van der Waals surface area contributed by atoms with Crippen LogP contribution in [-0.2, 0) is 0 Å². The van der Waals surface area contributed by atoms with E-state index in [4.69, 9.17) is 4.42 Å². The van der Waals surface area contributed by atoms with Crippen LogP contribution in [0.15, 0.2) is 247 Å². The molecular weight excluding hydrogens is 741 g/mol. The standard InChI is InChI=1S/C58H40N2O/c1-5-16-41(17-6-1)44-28-32-50(33-29-44)59(49-25-11-4-12-26-49)53-39-55-54-37-47-22-13-14-23-48(47)38-57(54)61-58(55)56(40-53)60(51-34-30-45(31-35-51)42-18-7-2-8-19-42)52-27-15-24-46(36-52)43-20-9-3-10-21-43/h1-40H. The molecular formula is C58H40N2O. The quantitative estimate of drug-likeness (QED) is 0.145. The van der Waals surface area contributed by atoms with Gasteiger partial charge in [-0.25, -0.2) is 0 Å². The number of hydrogen-bond acceptors (Lipinski definition) is 3. The minimum absolute atomic E-state index is 0.818. The molecule has 11 rings (SSSR count). The third-order valence-electron chi connectivity index (χ3n) is 11.6. The van der Waals surface area contributed by atoms with Crippen molar-refractivity contribution in [2.24, 2.45) is 0 Å². The molecule has 0 bridgehead atoms. The number of benzene rings is 10. The lowest BCUT2D eigenvalue weighted by Crippen LogP contribution is -2.13. The van der Waals surface area contributed by atoms with Gasteiger partial charge in [-0.05, 0) is 117 Å². The van der Waals surface area contributed by atoms with Gasteiger partial charge in [-0.15, -0.1) is 0 Å². The van der Waals surface area contributed by atoms with Crippen molar-refractivity contribution in [3.05, 3.63) is 243 Å². The van der Waals surface area contributed by atoms with Gasteiger partial charge in [0.25, 0.3) is 0 Å². The van der Waals surface area contributed by atoms with E-state index in [-0.39, 0.29) is 0 Å². The number of anilines is 6. The first kappa shape index (κ1) is 36.0. The van der Waals surface area contributed by atoms with Crippen molar-refractivity contribution in [2.75, 3.05) is 9.80 Å². The van der Waals surface area contributed by atoms with Crippen molar-refractivity contribution in [3.63, 3.8) is 0 Å². The van der Waals surface area contributed by atoms with E-state index in [0.29, 0.717) is 0 Å². The average Bonchev–Trinajstić information content (AvgIpc) is 3.70. The second-order valence-electron chi connectivity index (χ2n) is 15.4. The fourth-order valence-corrected chi connectivity index (χ4v) is 8.60. The molecule has 3 heteroatoms. The zero-order valence-corrected chi connectivity index (χ0v) is 33.4. The predicted molar refractivity (Wildman–Crippen MR) is 257 cm³/mol. The van der Waals surface area contributed by atoms with Gasteiger partial charge in [0.2, 0.25) is 0 Å². The summed E-state index contributed by atoms with van der Waals surface area (Å²) in [6.45, 7) is 0. The van der Waals surface area contributed by atoms with Crippen LogP contribution < -0.4 is 9.80 Å². The zero-order chi connectivity index (χ0) is 40.5. The van der Waals surface area contributed by atoms with E-state index in [1.54, 1.807) is 0 Å². The maximum Gasteiger partial charge on any atom is 0.159 e. The van der Waals surface area contributed by atoms with Crippen molar-refractivity contribution < 1.29 is 4.42 Å². The second kappa shape index (κ2) is 15.6. The summed E-state index contributed by atoms with van der Waals surface area (Å²) in [4.78, 5) is 4.71. The summed E-state index contributed by atoms with van der Waals surface area (Å²) in [5.74, 6) is 0. The summed E-state index contributed by atoms with van der Waals surface area (Å²) in [5, 5.41) is 4.43. The number of para-hydroxylation sites is 1. The highest BCUT2D eigenvalue weighted by Crippen LogP contribution is 2.48. The van der Waals surface area contributed by atoms with E-state index in [2.05, 4.69) is 252 Å². The summed E-state index contributed by atoms with van der Waals surface area (Å²) in [5.41, 5.74) is 14.8. The van der Waals surface area contributed by atoms with Crippen molar-refractivity contribution in [3.8, 4) is 33.4 Å².